The zero-order valence-corrected chi connectivity index (χ0v) is 12.2. The average Bonchev–Trinajstić information content (AvgIpc) is 2.44. The summed E-state index contributed by atoms with van der Waals surface area (Å²) in [6.07, 6.45) is 0. The van der Waals surface area contributed by atoms with Crippen LogP contribution in [0, 0.1) is 5.92 Å². The summed E-state index contributed by atoms with van der Waals surface area (Å²) in [5.74, 6) is 1.05. The lowest BCUT2D eigenvalue weighted by Crippen LogP contribution is -2.38. The summed E-state index contributed by atoms with van der Waals surface area (Å²) in [5, 5.41) is 5.20. The molecule has 0 unspecified atom stereocenters. The van der Waals surface area contributed by atoms with Gasteiger partial charge in [-0.3, -0.25) is 4.79 Å². The molecule has 0 saturated carbocycles. The molecule has 0 aliphatic carbocycles. The van der Waals surface area contributed by atoms with E-state index in [0.29, 0.717) is 5.92 Å². The smallest absolute Gasteiger partial charge is 0.258 e. The predicted molar refractivity (Wildman–Crippen MR) is 81.9 cm³/mol. The third kappa shape index (κ3) is 3.73. The van der Waals surface area contributed by atoms with Gasteiger partial charge < -0.3 is 10.1 Å². The van der Waals surface area contributed by atoms with Crippen LogP contribution in [0.25, 0.3) is 10.8 Å². The van der Waals surface area contributed by atoms with Crippen LogP contribution in [-0.2, 0) is 4.79 Å². The highest BCUT2D eigenvalue weighted by atomic mass is 16.5. The molecule has 2 aromatic carbocycles. The van der Waals surface area contributed by atoms with E-state index in [1.54, 1.807) is 0 Å². The minimum atomic E-state index is -0.0839. The van der Waals surface area contributed by atoms with Crippen LogP contribution in [0.1, 0.15) is 20.8 Å². The summed E-state index contributed by atoms with van der Waals surface area (Å²) in [4.78, 5) is 11.8. The molecule has 0 spiro atoms. The molecular weight excluding hydrogens is 250 g/mol. The van der Waals surface area contributed by atoms with E-state index in [1.165, 1.54) is 0 Å². The lowest BCUT2D eigenvalue weighted by molar-refractivity contribution is -0.124. The van der Waals surface area contributed by atoms with E-state index < -0.39 is 0 Å². The fraction of sp³-hybridized carbons (Fsp3) is 0.353. The van der Waals surface area contributed by atoms with Gasteiger partial charge in [-0.15, -0.1) is 0 Å². The molecule has 1 atom stereocenters. The second-order valence-corrected chi connectivity index (χ2v) is 5.40. The monoisotopic (exact) mass is 271 g/mol. The third-order valence-electron chi connectivity index (χ3n) is 3.48. The third-order valence-corrected chi connectivity index (χ3v) is 3.48. The second kappa shape index (κ2) is 6.42. The van der Waals surface area contributed by atoms with Crippen LogP contribution in [-0.4, -0.2) is 18.6 Å². The summed E-state index contributed by atoms with van der Waals surface area (Å²) >= 11 is 0. The van der Waals surface area contributed by atoms with Crippen LogP contribution in [0.15, 0.2) is 42.5 Å². The van der Waals surface area contributed by atoms with Crippen LogP contribution in [0.3, 0.4) is 0 Å². The first-order chi connectivity index (χ1) is 9.56. The maximum absolute atomic E-state index is 11.8. The predicted octanol–water partition coefficient (Wildman–Crippen LogP) is 3.38. The molecule has 0 aromatic heterocycles. The molecule has 0 radical (unpaired) electrons. The van der Waals surface area contributed by atoms with Crippen molar-refractivity contribution in [1.29, 1.82) is 0 Å². The molecule has 20 heavy (non-hydrogen) atoms. The Morgan fingerprint density at radius 2 is 1.80 bits per heavy atom. The van der Waals surface area contributed by atoms with E-state index in [2.05, 4.69) is 25.2 Å². The zero-order valence-electron chi connectivity index (χ0n) is 12.2. The molecule has 0 saturated heterocycles. The highest BCUT2D eigenvalue weighted by Gasteiger charge is 2.11. The molecule has 0 heterocycles. The Labute approximate surface area is 119 Å². The fourth-order valence-electron chi connectivity index (χ4n) is 1.87. The normalized spacial score (nSPS) is 12.4. The first-order valence-corrected chi connectivity index (χ1v) is 6.97. The molecule has 0 fully saturated rings. The zero-order chi connectivity index (χ0) is 14.5. The van der Waals surface area contributed by atoms with Crippen molar-refractivity contribution in [2.75, 3.05) is 6.61 Å². The lowest BCUT2D eigenvalue weighted by atomic mass is 10.1. The summed E-state index contributed by atoms with van der Waals surface area (Å²) in [6, 6.07) is 14.1. The molecule has 2 rings (SSSR count). The Bertz CT molecular complexity index is 592. The van der Waals surface area contributed by atoms with Crippen molar-refractivity contribution in [3.63, 3.8) is 0 Å². The average molecular weight is 271 g/mol. The number of nitrogens with one attached hydrogen (secondary N) is 1. The highest BCUT2D eigenvalue weighted by Crippen LogP contribution is 2.20. The Morgan fingerprint density at radius 3 is 2.50 bits per heavy atom. The molecule has 106 valence electrons. The van der Waals surface area contributed by atoms with Crippen LogP contribution in [0.2, 0.25) is 0 Å². The largest absolute Gasteiger partial charge is 0.484 e. The summed E-state index contributed by atoms with van der Waals surface area (Å²) in [7, 11) is 0. The van der Waals surface area contributed by atoms with E-state index in [0.717, 1.165) is 16.5 Å². The molecule has 1 amide bonds. The highest BCUT2D eigenvalue weighted by molar-refractivity contribution is 5.84. The SMILES string of the molecule is CC(C)[C@H](C)NC(=O)COc1ccc2ccccc2c1. The van der Waals surface area contributed by atoms with Crippen LogP contribution >= 0.6 is 0 Å². The Kier molecular flexibility index (Phi) is 4.61. The number of amides is 1. The van der Waals surface area contributed by atoms with Crippen molar-refractivity contribution >= 4 is 16.7 Å². The van der Waals surface area contributed by atoms with E-state index in [1.807, 2.05) is 43.3 Å². The second-order valence-electron chi connectivity index (χ2n) is 5.40. The number of fused-ring (bicyclic) bond motifs is 1. The first-order valence-electron chi connectivity index (χ1n) is 6.97. The molecular formula is C17H21NO2. The molecule has 2 aromatic rings. The van der Waals surface area contributed by atoms with Gasteiger partial charge in [0.25, 0.3) is 5.91 Å². The maximum atomic E-state index is 11.8. The van der Waals surface area contributed by atoms with Gasteiger partial charge >= 0.3 is 0 Å². The minimum Gasteiger partial charge on any atom is -0.484 e. The van der Waals surface area contributed by atoms with Crippen LogP contribution in [0.4, 0.5) is 0 Å². The Morgan fingerprint density at radius 1 is 1.10 bits per heavy atom. The maximum Gasteiger partial charge on any atom is 0.258 e. The Balaban J connectivity index is 1.94. The van der Waals surface area contributed by atoms with Crippen molar-refractivity contribution in [3.8, 4) is 5.75 Å². The van der Waals surface area contributed by atoms with E-state index in [-0.39, 0.29) is 18.6 Å². The lowest BCUT2D eigenvalue weighted by Gasteiger charge is -2.17. The van der Waals surface area contributed by atoms with Crippen molar-refractivity contribution < 1.29 is 9.53 Å². The topological polar surface area (TPSA) is 38.3 Å². The van der Waals surface area contributed by atoms with E-state index >= 15 is 0 Å². The van der Waals surface area contributed by atoms with E-state index in [4.69, 9.17) is 4.74 Å². The van der Waals surface area contributed by atoms with Crippen molar-refractivity contribution in [3.05, 3.63) is 42.5 Å². The standard InChI is InChI=1S/C17H21NO2/c1-12(2)13(3)18-17(19)11-20-16-9-8-14-6-4-5-7-15(14)10-16/h4-10,12-13H,11H2,1-3H3,(H,18,19)/t13-/m0/s1. The van der Waals surface area contributed by atoms with Crippen LogP contribution < -0.4 is 10.1 Å². The van der Waals surface area contributed by atoms with Gasteiger partial charge in [0.05, 0.1) is 0 Å². The van der Waals surface area contributed by atoms with Crippen LogP contribution in [0.5, 0.6) is 5.75 Å². The number of benzene rings is 2. The minimum absolute atomic E-state index is 0.0510. The van der Waals surface area contributed by atoms with Gasteiger partial charge in [-0.25, -0.2) is 0 Å². The van der Waals surface area contributed by atoms with Crippen molar-refractivity contribution in [1.82, 2.24) is 5.32 Å². The summed E-state index contributed by atoms with van der Waals surface area (Å²) in [5.41, 5.74) is 0. The number of carbonyl (C=O) groups is 1. The molecule has 3 heteroatoms. The van der Waals surface area contributed by atoms with Crippen molar-refractivity contribution in [2.45, 2.75) is 26.8 Å². The molecule has 0 aliphatic heterocycles. The first kappa shape index (κ1) is 14.4. The fourth-order valence-corrected chi connectivity index (χ4v) is 1.87. The van der Waals surface area contributed by atoms with Gasteiger partial charge in [-0.05, 0) is 35.7 Å². The van der Waals surface area contributed by atoms with E-state index in [9.17, 15) is 4.79 Å². The summed E-state index contributed by atoms with van der Waals surface area (Å²) in [6.45, 7) is 6.21. The van der Waals surface area contributed by atoms with Gasteiger partial charge in [0.2, 0.25) is 0 Å². The number of carbonyl (C=O) groups excluding carboxylic acids is 1. The number of hydrogen-bond donors (Lipinski definition) is 1. The quantitative estimate of drug-likeness (QED) is 0.905. The molecule has 0 bridgehead atoms. The summed E-state index contributed by atoms with van der Waals surface area (Å²) < 4.78 is 5.54. The van der Waals surface area contributed by atoms with Gasteiger partial charge in [-0.1, -0.05) is 44.2 Å². The van der Waals surface area contributed by atoms with Crippen molar-refractivity contribution in [2.24, 2.45) is 5.92 Å². The number of hydrogen-bond acceptors (Lipinski definition) is 2. The number of ether oxygens (including phenoxy) is 1. The van der Waals surface area contributed by atoms with Gasteiger partial charge in [0.1, 0.15) is 5.75 Å². The van der Waals surface area contributed by atoms with Gasteiger partial charge in [-0.2, -0.15) is 0 Å². The molecule has 3 nitrogen and oxygen atoms in total. The molecule has 1 N–H and O–H groups in total. The number of rotatable bonds is 5. The Hall–Kier alpha value is -2.03. The van der Waals surface area contributed by atoms with Gasteiger partial charge in [0, 0.05) is 6.04 Å². The van der Waals surface area contributed by atoms with Gasteiger partial charge in [0.15, 0.2) is 6.61 Å². The molecule has 0 aliphatic rings.